The van der Waals surface area contributed by atoms with Crippen LogP contribution in [0.3, 0.4) is 0 Å². The van der Waals surface area contributed by atoms with Gasteiger partial charge in [-0.15, -0.1) is 0 Å². The number of amides is 2. The van der Waals surface area contributed by atoms with Crippen molar-refractivity contribution in [1.29, 1.82) is 0 Å². The predicted octanol–water partition coefficient (Wildman–Crippen LogP) is 1.78. The lowest BCUT2D eigenvalue weighted by Crippen LogP contribution is -2.56. The first kappa shape index (κ1) is 16.5. The molecular formula is C19H23FN2O3. The van der Waals surface area contributed by atoms with Crippen LogP contribution in [0.15, 0.2) is 24.3 Å². The van der Waals surface area contributed by atoms with Gasteiger partial charge in [0.05, 0.1) is 12.5 Å². The Kier molecular flexibility index (Phi) is 4.46. The smallest absolute Gasteiger partial charge is 0.253 e. The van der Waals surface area contributed by atoms with Crippen LogP contribution in [-0.4, -0.2) is 61.0 Å². The minimum atomic E-state index is -0.390. The van der Waals surface area contributed by atoms with Crippen LogP contribution in [0.25, 0.3) is 0 Å². The molecule has 0 spiro atoms. The van der Waals surface area contributed by atoms with E-state index >= 15 is 0 Å². The molecule has 3 heterocycles. The van der Waals surface area contributed by atoms with Crippen molar-refractivity contribution in [2.75, 3.05) is 39.4 Å². The fourth-order valence-electron chi connectivity index (χ4n) is 4.42. The van der Waals surface area contributed by atoms with E-state index < -0.39 is 5.82 Å². The highest BCUT2D eigenvalue weighted by Gasteiger charge is 2.39. The van der Waals surface area contributed by atoms with Crippen LogP contribution < -0.4 is 0 Å². The third-order valence-corrected chi connectivity index (χ3v) is 5.53. The van der Waals surface area contributed by atoms with Gasteiger partial charge in [-0.05, 0) is 42.9 Å². The zero-order chi connectivity index (χ0) is 17.4. The lowest BCUT2D eigenvalue weighted by atomic mass is 9.84. The zero-order valence-corrected chi connectivity index (χ0v) is 14.2. The highest BCUT2D eigenvalue weighted by atomic mass is 19.1. The first-order chi connectivity index (χ1) is 12.1. The predicted molar refractivity (Wildman–Crippen MR) is 89.4 cm³/mol. The molecule has 4 rings (SSSR count). The van der Waals surface area contributed by atoms with Gasteiger partial charge < -0.3 is 14.5 Å². The Labute approximate surface area is 146 Å². The molecule has 0 saturated carbocycles. The van der Waals surface area contributed by atoms with E-state index in [4.69, 9.17) is 4.74 Å². The number of benzene rings is 1. The van der Waals surface area contributed by atoms with Crippen molar-refractivity contribution >= 4 is 11.8 Å². The number of fused-ring (bicyclic) bond motifs is 2. The maximum absolute atomic E-state index is 13.4. The van der Waals surface area contributed by atoms with Gasteiger partial charge in [0.25, 0.3) is 5.91 Å². The van der Waals surface area contributed by atoms with E-state index in [9.17, 15) is 14.0 Å². The fourth-order valence-corrected chi connectivity index (χ4v) is 4.42. The summed E-state index contributed by atoms with van der Waals surface area (Å²) in [5, 5.41) is 0. The molecule has 3 aliphatic heterocycles. The minimum absolute atomic E-state index is 0.00357. The second-order valence-corrected chi connectivity index (χ2v) is 7.49. The third-order valence-electron chi connectivity index (χ3n) is 5.53. The second-order valence-electron chi connectivity index (χ2n) is 7.49. The first-order valence-electron chi connectivity index (χ1n) is 9.01. The maximum atomic E-state index is 13.4. The molecule has 2 amide bonds. The molecule has 3 aliphatic rings. The van der Waals surface area contributed by atoms with Gasteiger partial charge in [0, 0.05) is 38.3 Å². The molecule has 2 bridgehead atoms. The van der Waals surface area contributed by atoms with E-state index in [1.165, 1.54) is 12.1 Å². The lowest BCUT2D eigenvalue weighted by Gasteiger charge is -2.46. The number of carbonyl (C=O) groups excluding carboxylic acids is 2. The molecule has 25 heavy (non-hydrogen) atoms. The number of halogens is 1. The number of carbonyl (C=O) groups is 2. The van der Waals surface area contributed by atoms with Crippen molar-refractivity contribution in [3.63, 3.8) is 0 Å². The molecule has 5 nitrogen and oxygen atoms in total. The van der Waals surface area contributed by atoms with Gasteiger partial charge in [-0.25, -0.2) is 4.39 Å². The van der Waals surface area contributed by atoms with Crippen molar-refractivity contribution < 1.29 is 18.7 Å². The molecule has 3 unspecified atom stereocenters. The number of rotatable bonds is 2. The van der Waals surface area contributed by atoms with Crippen molar-refractivity contribution in [2.45, 2.75) is 12.8 Å². The summed E-state index contributed by atoms with van der Waals surface area (Å²) in [6.07, 6.45) is 1.87. The average molecular weight is 346 g/mol. The molecule has 3 saturated heterocycles. The number of hydrogen-bond donors (Lipinski definition) is 0. The lowest BCUT2D eigenvalue weighted by molar-refractivity contribution is -0.139. The third kappa shape index (κ3) is 3.40. The molecule has 134 valence electrons. The Bertz CT molecular complexity index is 660. The molecule has 0 aromatic heterocycles. The topological polar surface area (TPSA) is 49.9 Å². The minimum Gasteiger partial charge on any atom is -0.381 e. The van der Waals surface area contributed by atoms with Crippen LogP contribution in [0.5, 0.6) is 0 Å². The Balaban J connectivity index is 1.41. The quantitative estimate of drug-likeness (QED) is 0.820. The van der Waals surface area contributed by atoms with Gasteiger partial charge in [-0.1, -0.05) is 6.07 Å². The van der Waals surface area contributed by atoms with Crippen LogP contribution >= 0.6 is 0 Å². The molecule has 1 aromatic carbocycles. The number of ether oxygens (including phenoxy) is 1. The standard InChI is InChI=1S/C19H23FN2O3/c20-17-3-1-2-15(7-17)18(23)21-8-13-6-14(9-21)11-22(10-13)19(24)16-4-5-25-12-16/h1-3,7,13-14,16H,4-6,8-12H2. The molecule has 0 N–H and O–H groups in total. The SMILES string of the molecule is O=C(c1cccc(F)c1)N1CC2CC(C1)CN(C(=O)C1CCOC1)C2. The molecular weight excluding hydrogens is 323 g/mol. The van der Waals surface area contributed by atoms with E-state index in [0.717, 1.165) is 12.8 Å². The second kappa shape index (κ2) is 6.75. The van der Waals surface area contributed by atoms with Crippen molar-refractivity contribution in [3.8, 4) is 0 Å². The molecule has 0 radical (unpaired) electrons. The molecule has 6 heteroatoms. The van der Waals surface area contributed by atoms with Gasteiger partial charge in [-0.3, -0.25) is 9.59 Å². The number of piperidine rings is 2. The van der Waals surface area contributed by atoms with Crippen molar-refractivity contribution in [1.82, 2.24) is 9.80 Å². The van der Waals surface area contributed by atoms with Crippen LogP contribution in [0.2, 0.25) is 0 Å². The van der Waals surface area contributed by atoms with E-state index in [1.54, 1.807) is 12.1 Å². The van der Waals surface area contributed by atoms with E-state index in [2.05, 4.69) is 0 Å². The Hall–Kier alpha value is -1.95. The Morgan fingerprint density at radius 1 is 1.08 bits per heavy atom. The van der Waals surface area contributed by atoms with E-state index in [-0.39, 0.29) is 17.7 Å². The maximum Gasteiger partial charge on any atom is 0.253 e. The summed E-state index contributed by atoms with van der Waals surface area (Å²) in [6.45, 7) is 3.90. The zero-order valence-electron chi connectivity index (χ0n) is 14.2. The summed E-state index contributed by atoms with van der Waals surface area (Å²) in [5.41, 5.74) is 0.399. The summed E-state index contributed by atoms with van der Waals surface area (Å²) in [6, 6.07) is 5.86. The van der Waals surface area contributed by atoms with E-state index in [0.29, 0.717) is 56.8 Å². The van der Waals surface area contributed by atoms with Crippen LogP contribution in [0.1, 0.15) is 23.2 Å². The number of hydrogen-bond acceptors (Lipinski definition) is 3. The summed E-state index contributed by atoms with van der Waals surface area (Å²) >= 11 is 0. The Morgan fingerprint density at radius 3 is 2.44 bits per heavy atom. The highest BCUT2D eigenvalue weighted by Crippen LogP contribution is 2.31. The average Bonchev–Trinajstić information content (AvgIpc) is 3.14. The molecule has 0 aliphatic carbocycles. The monoisotopic (exact) mass is 346 g/mol. The first-order valence-corrected chi connectivity index (χ1v) is 9.01. The van der Waals surface area contributed by atoms with Gasteiger partial charge in [0.2, 0.25) is 5.91 Å². The summed E-state index contributed by atoms with van der Waals surface area (Å²) < 4.78 is 18.7. The van der Waals surface area contributed by atoms with Crippen LogP contribution in [-0.2, 0) is 9.53 Å². The summed E-state index contributed by atoms with van der Waals surface area (Å²) in [4.78, 5) is 29.1. The molecule has 1 aromatic rings. The van der Waals surface area contributed by atoms with E-state index in [1.807, 2.05) is 9.80 Å². The van der Waals surface area contributed by atoms with Gasteiger partial charge in [0.15, 0.2) is 0 Å². The molecule has 3 fully saturated rings. The summed E-state index contributed by atoms with van der Waals surface area (Å²) in [5.74, 6) is 0.310. The van der Waals surface area contributed by atoms with Gasteiger partial charge >= 0.3 is 0 Å². The number of nitrogens with zero attached hydrogens (tertiary/aromatic N) is 2. The van der Waals surface area contributed by atoms with Gasteiger partial charge in [0.1, 0.15) is 5.82 Å². The number of likely N-dealkylation sites (tertiary alicyclic amines) is 2. The largest absolute Gasteiger partial charge is 0.381 e. The molecule has 3 atom stereocenters. The highest BCUT2D eigenvalue weighted by molar-refractivity contribution is 5.94. The van der Waals surface area contributed by atoms with Gasteiger partial charge in [-0.2, -0.15) is 0 Å². The van der Waals surface area contributed by atoms with Crippen LogP contribution in [0.4, 0.5) is 4.39 Å². The van der Waals surface area contributed by atoms with Crippen molar-refractivity contribution in [2.24, 2.45) is 17.8 Å². The fraction of sp³-hybridized carbons (Fsp3) is 0.579. The normalized spacial score (nSPS) is 28.9. The van der Waals surface area contributed by atoms with Crippen molar-refractivity contribution in [3.05, 3.63) is 35.6 Å². The Morgan fingerprint density at radius 2 is 1.80 bits per heavy atom. The summed E-state index contributed by atoms with van der Waals surface area (Å²) in [7, 11) is 0. The van der Waals surface area contributed by atoms with Crippen LogP contribution in [0, 0.1) is 23.6 Å².